The van der Waals surface area contributed by atoms with E-state index >= 15 is 0 Å². The Hall–Kier alpha value is -2.73. The molecule has 0 atom stereocenters. The van der Waals surface area contributed by atoms with Crippen LogP contribution in [0.15, 0.2) is 47.4 Å². The first kappa shape index (κ1) is 17.1. The van der Waals surface area contributed by atoms with Gasteiger partial charge >= 0.3 is 0 Å². The number of phenols is 1. The molecule has 1 saturated heterocycles. The predicted molar refractivity (Wildman–Crippen MR) is 97.4 cm³/mol. The molecule has 6 heteroatoms. The van der Waals surface area contributed by atoms with Gasteiger partial charge in [-0.25, -0.2) is 0 Å². The lowest BCUT2D eigenvalue weighted by Gasteiger charge is -2.14. The van der Waals surface area contributed by atoms with Crippen LogP contribution in [-0.2, 0) is 11.3 Å². The lowest BCUT2D eigenvalue weighted by atomic mass is 10.1. The van der Waals surface area contributed by atoms with E-state index in [9.17, 15) is 14.7 Å². The van der Waals surface area contributed by atoms with Crippen LogP contribution in [0.5, 0.6) is 11.5 Å². The number of hydrogen-bond acceptors (Lipinski definition) is 5. The minimum absolute atomic E-state index is 0.0182. The number of rotatable bonds is 4. The highest BCUT2D eigenvalue weighted by molar-refractivity contribution is 8.18. The number of nitrogens with zero attached hydrogens (tertiary/aromatic N) is 1. The smallest absolute Gasteiger partial charge is 0.293 e. The molecule has 0 radical (unpaired) electrons. The molecule has 3 rings (SSSR count). The predicted octanol–water partition coefficient (Wildman–Crippen LogP) is 3.95. The first-order valence-corrected chi connectivity index (χ1v) is 8.48. The molecule has 0 unspecified atom stereocenters. The van der Waals surface area contributed by atoms with E-state index in [1.165, 1.54) is 18.1 Å². The van der Waals surface area contributed by atoms with Gasteiger partial charge in [-0.1, -0.05) is 30.3 Å². The molecular weight excluding hydrogens is 338 g/mol. The Labute approximate surface area is 149 Å². The van der Waals surface area contributed by atoms with E-state index in [0.29, 0.717) is 16.2 Å². The van der Waals surface area contributed by atoms with E-state index in [1.807, 2.05) is 31.2 Å². The van der Waals surface area contributed by atoms with Crippen LogP contribution < -0.4 is 4.74 Å². The number of phenolic OH excluding ortho intramolecular Hbond substituents is 1. The van der Waals surface area contributed by atoms with Crippen LogP contribution in [0.1, 0.15) is 16.7 Å². The average Bonchev–Trinajstić information content (AvgIpc) is 2.84. The van der Waals surface area contributed by atoms with Gasteiger partial charge in [-0.3, -0.25) is 14.5 Å². The Balaban J connectivity index is 1.83. The van der Waals surface area contributed by atoms with Crippen LogP contribution in [0.3, 0.4) is 0 Å². The van der Waals surface area contributed by atoms with Crippen molar-refractivity contribution >= 4 is 29.0 Å². The maximum absolute atomic E-state index is 12.6. The van der Waals surface area contributed by atoms with Crippen LogP contribution in [0.2, 0.25) is 0 Å². The Morgan fingerprint density at radius 3 is 2.64 bits per heavy atom. The molecule has 1 aliphatic rings. The quantitative estimate of drug-likeness (QED) is 0.841. The van der Waals surface area contributed by atoms with Crippen molar-refractivity contribution in [2.24, 2.45) is 0 Å². The van der Waals surface area contributed by atoms with Gasteiger partial charge in [0.25, 0.3) is 11.1 Å². The van der Waals surface area contributed by atoms with Crippen LogP contribution >= 0.6 is 11.8 Å². The van der Waals surface area contributed by atoms with Gasteiger partial charge in [0.15, 0.2) is 11.5 Å². The van der Waals surface area contributed by atoms with E-state index < -0.39 is 0 Å². The number of methoxy groups -OCH3 is 1. The number of aryl methyl sites for hydroxylation is 1. The summed E-state index contributed by atoms with van der Waals surface area (Å²) in [6.07, 6.45) is 1.60. The summed E-state index contributed by atoms with van der Waals surface area (Å²) in [6.45, 7) is 2.20. The first-order chi connectivity index (χ1) is 12.0. The number of hydrogen-bond donors (Lipinski definition) is 1. The molecule has 2 amide bonds. The van der Waals surface area contributed by atoms with Crippen molar-refractivity contribution in [1.29, 1.82) is 0 Å². The summed E-state index contributed by atoms with van der Waals surface area (Å²) >= 11 is 0.903. The monoisotopic (exact) mass is 355 g/mol. The average molecular weight is 355 g/mol. The van der Waals surface area contributed by atoms with Crippen molar-refractivity contribution in [2.75, 3.05) is 7.11 Å². The number of imide groups is 1. The molecule has 0 saturated carbocycles. The van der Waals surface area contributed by atoms with Crippen LogP contribution in [0.25, 0.3) is 6.08 Å². The molecule has 0 spiro atoms. The molecule has 1 N–H and O–H groups in total. The zero-order valence-electron chi connectivity index (χ0n) is 13.9. The Morgan fingerprint density at radius 2 is 1.96 bits per heavy atom. The van der Waals surface area contributed by atoms with E-state index in [1.54, 1.807) is 18.2 Å². The topological polar surface area (TPSA) is 66.8 Å². The Kier molecular flexibility index (Phi) is 4.81. The molecular formula is C19H17NO4S. The van der Waals surface area contributed by atoms with Crippen molar-refractivity contribution < 1.29 is 19.4 Å². The summed E-state index contributed by atoms with van der Waals surface area (Å²) in [5.74, 6) is 0.00811. The molecule has 0 aliphatic carbocycles. The lowest BCUT2D eigenvalue weighted by Crippen LogP contribution is -2.27. The van der Waals surface area contributed by atoms with Crippen molar-refractivity contribution in [3.05, 3.63) is 64.1 Å². The third-order valence-electron chi connectivity index (χ3n) is 3.96. The number of benzene rings is 2. The maximum Gasteiger partial charge on any atom is 0.293 e. The molecule has 1 aliphatic heterocycles. The zero-order chi connectivity index (χ0) is 18.0. The molecule has 25 heavy (non-hydrogen) atoms. The molecule has 2 aromatic rings. The third-order valence-corrected chi connectivity index (χ3v) is 4.87. The van der Waals surface area contributed by atoms with Crippen molar-refractivity contribution in [3.8, 4) is 11.5 Å². The largest absolute Gasteiger partial charge is 0.504 e. The first-order valence-electron chi connectivity index (χ1n) is 7.66. The lowest BCUT2D eigenvalue weighted by molar-refractivity contribution is -0.123. The highest BCUT2D eigenvalue weighted by Crippen LogP contribution is 2.35. The van der Waals surface area contributed by atoms with E-state index in [2.05, 4.69) is 0 Å². The van der Waals surface area contributed by atoms with Gasteiger partial charge in [-0.15, -0.1) is 0 Å². The molecule has 0 aromatic heterocycles. The molecule has 2 aromatic carbocycles. The van der Waals surface area contributed by atoms with Crippen LogP contribution in [0, 0.1) is 6.92 Å². The highest BCUT2D eigenvalue weighted by Gasteiger charge is 2.35. The molecule has 1 heterocycles. The summed E-state index contributed by atoms with van der Waals surface area (Å²) in [5, 5.41) is 9.54. The normalized spacial score (nSPS) is 15.9. The summed E-state index contributed by atoms with van der Waals surface area (Å²) in [6, 6.07) is 12.5. The van der Waals surface area contributed by atoms with Gasteiger partial charge in [0.05, 0.1) is 18.6 Å². The van der Waals surface area contributed by atoms with Gasteiger partial charge < -0.3 is 9.84 Å². The second kappa shape index (κ2) is 7.03. The minimum Gasteiger partial charge on any atom is -0.504 e. The second-order valence-electron chi connectivity index (χ2n) is 5.63. The summed E-state index contributed by atoms with van der Waals surface area (Å²) in [7, 11) is 1.46. The van der Waals surface area contributed by atoms with Gasteiger partial charge in [0.2, 0.25) is 0 Å². The summed E-state index contributed by atoms with van der Waals surface area (Å²) < 4.78 is 5.00. The summed E-state index contributed by atoms with van der Waals surface area (Å²) in [4.78, 5) is 26.4. The van der Waals surface area contributed by atoms with E-state index in [-0.39, 0.29) is 23.4 Å². The fourth-order valence-corrected chi connectivity index (χ4v) is 3.38. The SMILES string of the molecule is COc1ccc(/C=C2\SC(=O)N(Cc3ccccc3C)C2=O)cc1O. The fourth-order valence-electron chi connectivity index (χ4n) is 2.54. The van der Waals surface area contributed by atoms with Crippen molar-refractivity contribution in [1.82, 2.24) is 4.90 Å². The number of ether oxygens (including phenoxy) is 1. The number of carbonyl (C=O) groups is 2. The Bertz CT molecular complexity index is 875. The summed E-state index contributed by atoms with van der Waals surface area (Å²) in [5.41, 5.74) is 2.60. The fraction of sp³-hybridized carbons (Fsp3) is 0.158. The van der Waals surface area contributed by atoms with Crippen LogP contribution in [-0.4, -0.2) is 28.3 Å². The van der Waals surface area contributed by atoms with Crippen molar-refractivity contribution in [3.63, 3.8) is 0 Å². The Morgan fingerprint density at radius 1 is 1.20 bits per heavy atom. The highest BCUT2D eigenvalue weighted by atomic mass is 32.2. The van der Waals surface area contributed by atoms with Crippen molar-refractivity contribution in [2.45, 2.75) is 13.5 Å². The van der Waals surface area contributed by atoms with Gasteiger partial charge in [0, 0.05) is 0 Å². The maximum atomic E-state index is 12.6. The van der Waals surface area contributed by atoms with E-state index in [4.69, 9.17) is 4.74 Å². The molecule has 0 bridgehead atoms. The molecule has 1 fully saturated rings. The minimum atomic E-state index is -0.325. The number of carbonyl (C=O) groups excluding carboxylic acids is 2. The third kappa shape index (κ3) is 3.53. The molecule has 128 valence electrons. The second-order valence-corrected chi connectivity index (χ2v) is 6.62. The van der Waals surface area contributed by atoms with Gasteiger partial charge in [-0.2, -0.15) is 0 Å². The van der Waals surface area contributed by atoms with Crippen LogP contribution in [0.4, 0.5) is 4.79 Å². The standard InChI is InChI=1S/C19H17NO4S/c1-12-5-3-4-6-14(12)11-20-18(22)17(25-19(20)23)10-13-7-8-16(24-2)15(21)9-13/h3-10,21H,11H2,1-2H3/b17-10-. The number of amides is 2. The molecule has 5 nitrogen and oxygen atoms in total. The number of thioether (sulfide) groups is 1. The zero-order valence-corrected chi connectivity index (χ0v) is 14.7. The number of aromatic hydroxyl groups is 1. The van der Waals surface area contributed by atoms with Gasteiger partial charge in [-0.05, 0) is 53.6 Å². The van der Waals surface area contributed by atoms with Gasteiger partial charge in [0.1, 0.15) is 0 Å². The van der Waals surface area contributed by atoms with E-state index in [0.717, 1.165) is 22.9 Å².